The number of anilines is 1. The second kappa shape index (κ2) is 10.2. The third-order valence-electron chi connectivity index (χ3n) is 5.16. The van der Waals surface area contributed by atoms with Crippen molar-refractivity contribution in [2.75, 3.05) is 18.5 Å². The number of rotatable bonds is 9. The summed E-state index contributed by atoms with van der Waals surface area (Å²) in [5.74, 6) is -0.329. The SMILES string of the molecule is CCOc1ccc(NC2=C(c3ccc(F)cc3)C(=O)N(Cc3ccccn3)C2=O)cc1OCC. The van der Waals surface area contributed by atoms with Crippen LogP contribution in [0.3, 0.4) is 0 Å². The van der Waals surface area contributed by atoms with Crippen LogP contribution in [0, 0.1) is 5.82 Å². The average molecular weight is 461 g/mol. The number of benzene rings is 2. The third kappa shape index (κ3) is 4.76. The fraction of sp³-hybridized carbons (Fsp3) is 0.192. The molecule has 2 heterocycles. The minimum absolute atomic E-state index is 0.0157. The quantitative estimate of drug-likeness (QED) is 0.476. The fourth-order valence-corrected chi connectivity index (χ4v) is 3.65. The summed E-state index contributed by atoms with van der Waals surface area (Å²) in [7, 11) is 0. The lowest BCUT2D eigenvalue weighted by Crippen LogP contribution is -2.32. The number of hydrogen-bond acceptors (Lipinski definition) is 6. The van der Waals surface area contributed by atoms with Gasteiger partial charge in [-0.3, -0.25) is 19.5 Å². The van der Waals surface area contributed by atoms with E-state index in [4.69, 9.17) is 9.47 Å². The van der Waals surface area contributed by atoms with Gasteiger partial charge in [0.2, 0.25) is 0 Å². The van der Waals surface area contributed by atoms with Crippen LogP contribution in [0.4, 0.5) is 10.1 Å². The molecule has 0 fully saturated rings. The van der Waals surface area contributed by atoms with Gasteiger partial charge < -0.3 is 14.8 Å². The highest BCUT2D eigenvalue weighted by molar-refractivity contribution is 6.36. The molecule has 0 bridgehead atoms. The number of aromatic nitrogens is 1. The Kier molecular flexibility index (Phi) is 6.87. The molecule has 4 rings (SSSR count). The van der Waals surface area contributed by atoms with E-state index in [2.05, 4.69) is 10.3 Å². The lowest BCUT2D eigenvalue weighted by Gasteiger charge is -2.15. The number of imide groups is 1. The molecule has 0 atom stereocenters. The Morgan fingerprint density at radius 3 is 2.32 bits per heavy atom. The van der Waals surface area contributed by atoms with E-state index < -0.39 is 17.6 Å². The Balaban J connectivity index is 1.73. The van der Waals surface area contributed by atoms with Crippen molar-refractivity contribution in [1.29, 1.82) is 0 Å². The van der Waals surface area contributed by atoms with Crippen LogP contribution in [0.2, 0.25) is 0 Å². The predicted molar refractivity (Wildman–Crippen MR) is 126 cm³/mol. The molecule has 174 valence electrons. The van der Waals surface area contributed by atoms with Crippen LogP contribution in [0.25, 0.3) is 5.57 Å². The first kappa shape index (κ1) is 23.0. The van der Waals surface area contributed by atoms with Gasteiger partial charge in [0.1, 0.15) is 11.5 Å². The predicted octanol–water partition coefficient (Wildman–Crippen LogP) is 4.41. The van der Waals surface area contributed by atoms with Crippen LogP contribution in [0.1, 0.15) is 25.1 Å². The fourth-order valence-electron chi connectivity index (χ4n) is 3.65. The van der Waals surface area contributed by atoms with Crippen LogP contribution in [-0.4, -0.2) is 34.9 Å². The molecule has 1 aliphatic rings. The Morgan fingerprint density at radius 2 is 1.65 bits per heavy atom. The van der Waals surface area contributed by atoms with Crippen LogP contribution >= 0.6 is 0 Å². The molecular weight excluding hydrogens is 437 g/mol. The van der Waals surface area contributed by atoms with E-state index in [0.29, 0.717) is 41.7 Å². The first-order valence-electron chi connectivity index (χ1n) is 10.9. The molecule has 0 saturated heterocycles. The van der Waals surface area contributed by atoms with E-state index >= 15 is 0 Å². The molecule has 8 heteroatoms. The van der Waals surface area contributed by atoms with E-state index in [-0.39, 0.29) is 17.8 Å². The van der Waals surface area contributed by atoms with Crippen molar-refractivity contribution in [1.82, 2.24) is 9.88 Å². The molecular formula is C26H24FN3O4. The highest BCUT2D eigenvalue weighted by Gasteiger charge is 2.39. The summed E-state index contributed by atoms with van der Waals surface area (Å²) in [5.41, 5.74) is 1.81. The number of amides is 2. The second-order valence-corrected chi connectivity index (χ2v) is 7.43. The number of halogens is 1. The Labute approximate surface area is 196 Å². The number of nitrogens with one attached hydrogen (secondary N) is 1. The molecule has 2 aromatic carbocycles. The van der Waals surface area contributed by atoms with Gasteiger partial charge >= 0.3 is 0 Å². The maximum absolute atomic E-state index is 13.5. The number of pyridine rings is 1. The van der Waals surface area contributed by atoms with E-state index in [1.807, 2.05) is 13.8 Å². The lowest BCUT2D eigenvalue weighted by molar-refractivity contribution is -0.137. The molecule has 3 aromatic rings. The summed E-state index contributed by atoms with van der Waals surface area (Å²) in [6.45, 7) is 4.66. The summed E-state index contributed by atoms with van der Waals surface area (Å²) >= 11 is 0. The molecule has 0 aliphatic carbocycles. The number of carbonyl (C=O) groups excluding carboxylic acids is 2. The number of hydrogen-bond donors (Lipinski definition) is 1. The van der Waals surface area contributed by atoms with Crippen molar-refractivity contribution >= 4 is 23.1 Å². The highest BCUT2D eigenvalue weighted by atomic mass is 19.1. The van der Waals surface area contributed by atoms with Gasteiger partial charge in [-0.25, -0.2) is 4.39 Å². The highest BCUT2D eigenvalue weighted by Crippen LogP contribution is 2.35. The van der Waals surface area contributed by atoms with Crippen molar-refractivity contribution in [2.24, 2.45) is 0 Å². The maximum Gasteiger partial charge on any atom is 0.278 e. The van der Waals surface area contributed by atoms with Crippen molar-refractivity contribution in [3.8, 4) is 11.5 Å². The first-order chi connectivity index (χ1) is 16.5. The van der Waals surface area contributed by atoms with Gasteiger partial charge in [0.05, 0.1) is 31.0 Å². The molecule has 7 nitrogen and oxygen atoms in total. The molecule has 0 unspecified atom stereocenters. The van der Waals surface area contributed by atoms with Gasteiger partial charge in [0, 0.05) is 18.0 Å². The van der Waals surface area contributed by atoms with Gasteiger partial charge in [0.25, 0.3) is 11.8 Å². The topological polar surface area (TPSA) is 80.8 Å². The molecule has 1 aromatic heterocycles. The molecule has 2 amide bonds. The van der Waals surface area contributed by atoms with Gasteiger partial charge in [-0.2, -0.15) is 0 Å². The molecule has 1 aliphatic heterocycles. The second-order valence-electron chi connectivity index (χ2n) is 7.43. The van der Waals surface area contributed by atoms with Crippen LogP contribution in [-0.2, 0) is 16.1 Å². The number of nitrogens with zero attached hydrogens (tertiary/aromatic N) is 2. The largest absolute Gasteiger partial charge is 0.490 e. The molecule has 1 N–H and O–H groups in total. The summed E-state index contributed by atoms with van der Waals surface area (Å²) in [4.78, 5) is 32.1. The van der Waals surface area contributed by atoms with Crippen molar-refractivity contribution < 1.29 is 23.5 Å². The van der Waals surface area contributed by atoms with Gasteiger partial charge in [0.15, 0.2) is 11.5 Å². The zero-order valence-electron chi connectivity index (χ0n) is 18.9. The van der Waals surface area contributed by atoms with E-state index in [9.17, 15) is 14.0 Å². The Hall–Kier alpha value is -4.20. The molecule has 0 spiro atoms. The monoisotopic (exact) mass is 461 g/mol. The zero-order chi connectivity index (χ0) is 24.1. The minimum atomic E-state index is -0.498. The average Bonchev–Trinajstić information content (AvgIpc) is 3.06. The molecule has 34 heavy (non-hydrogen) atoms. The zero-order valence-corrected chi connectivity index (χ0v) is 18.9. The normalized spacial score (nSPS) is 13.4. The van der Waals surface area contributed by atoms with E-state index in [0.717, 1.165) is 4.90 Å². The minimum Gasteiger partial charge on any atom is -0.490 e. The van der Waals surface area contributed by atoms with Crippen LogP contribution < -0.4 is 14.8 Å². The third-order valence-corrected chi connectivity index (χ3v) is 5.16. The van der Waals surface area contributed by atoms with Gasteiger partial charge in [-0.05, 0) is 55.8 Å². The Morgan fingerprint density at radius 1 is 0.912 bits per heavy atom. The van der Waals surface area contributed by atoms with Gasteiger partial charge in [-0.1, -0.05) is 18.2 Å². The number of ether oxygens (including phenoxy) is 2. The maximum atomic E-state index is 13.5. The van der Waals surface area contributed by atoms with Gasteiger partial charge in [-0.15, -0.1) is 0 Å². The summed E-state index contributed by atoms with van der Waals surface area (Å²) in [6, 6.07) is 15.9. The standard InChI is InChI=1S/C26H24FN3O4/c1-3-33-21-13-12-19(15-22(21)34-4-2)29-24-23(17-8-10-18(27)11-9-17)25(31)30(26(24)32)16-20-7-5-6-14-28-20/h5-15,29H,3-4,16H2,1-2H3. The van der Waals surface area contributed by atoms with E-state index in [1.54, 1.807) is 42.6 Å². The van der Waals surface area contributed by atoms with Crippen LogP contribution in [0.15, 0.2) is 72.6 Å². The smallest absolute Gasteiger partial charge is 0.278 e. The summed E-state index contributed by atoms with van der Waals surface area (Å²) in [6.07, 6.45) is 1.60. The van der Waals surface area contributed by atoms with Crippen LogP contribution in [0.5, 0.6) is 11.5 Å². The lowest BCUT2D eigenvalue weighted by atomic mass is 10.0. The first-order valence-corrected chi connectivity index (χ1v) is 10.9. The summed E-state index contributed by atoms with van der Waals surface area (Å²) in [5, 5.41) is 3.09. The van der Waals surface area contributed by atoms with Crippen molar-refractivity contribution in [2.45, 2.75) is 20.4 Å². The van der Waals surface area contributed by atoms with E-state index in [1.165, 1.54) is 24.3 Å². The molecule has 0 saturated carbocycles. The van der Waals surface area contributed by atoms with Crippen molar-refractivity contribution in [3.05, 3.63) is 89.6 Å². The number of carbonyl (C=O) groups is 2. The van der Waals surface area contributed by atoms with Crippen molar-refractivity contribution in [3.63, 3.8) is 0 Å². The molecule has 0 radical (unpaired) electrons. The summed E-state index contributed by atoms with van der Waals surface area (Å²) < 4.78 is 24.8. The Bertz CT molecular complexity index is 1230.